The third kappa shape index (κ3) is 2.98. The molecule has 0 amide bonds. The second-order valence-corrected chi connectivity index (χ2v) is 5.25. The lowest BCUT2D eigenvalue weighted by Gasteiger charge is -2.19. The van der Waals surface area contributed by atoms with Crippen molar-refractivity contribution < 1.29 is 5.11 Å². The Kier molecular flexibility index (Phi) is 4.01. The van der Waals surface area contributed by atoms with Gasteiger partial charge >= 0.3 is 0 Å². The molecule has 1 unspecified atom stereocenters. The summed E-state index contributed by atoms with van der Waals surface area (Å²) in [6, 6.07) is 8.39. The fraction of sp³-hybridized carbons (Fsp3) is 0.500. The van der Waals surface area contributed by atoms with Gasteiger partial charge in [-0.25, -0.2) is 0 Å². The fourth-order valence-corrected chi connectivity index (χ4v) is 2.39. The van der Waals surface area contributed by atoms with E-state index in [9.17, 15) is 5.11 Å². The molecular formula is C16H22O. The Bertz CT molecular complexity index is 386. The van der Waals surface area contributed by atoms with Crippen LogP contribution in [0.1, 0.15) is 62.7 Å². The molecule has 0 saturated carbocycles. The minimum absolute atomic E-state index is 0.392. The van der Waals surface area contributed by atoms with Crippen molar-refractivity contribution in [3.05, 3.63) is 47.0 Å². The molecular weight excluding hydrogens is 208 g/mol. The van der Waals surface area contributed by atoms with E-state index in [1.165, 1.54) is 24.0 Å². The van der Waals surface area contributed by atoms with E-state index in [1.54, 1.807) is 0 Å². The molecule has 2 rings (SSSR count). The molecule has 0 saturated heterocycles. The van der Waals surface area contributed by atoms with Crippen molar-refractivity contribution in [2.75, 3.05) is 0 Å². The van der Waals surface area contributed by atoms with Crippen LogP contribution in [-0.2, 0) is 0 Å². The lowest BCUT2D eigenvalue weighted by atomic mass is 9.91. The molecule has 1 N–H and O–H groups in total. The monoisotopic (exact) mass is 230 g/mol. The molecule has 0 spiro atoms. The van der Waals surface area contributed by atoms with Crippen LogP contribution in [0.15, 0.2) is 35.9 Å². The van der Waals surface area contributed by atoms with Gasteiger partial charge in [-0.2, -0.15) is 0 Å². The van der Waals surface area contributed by atoms with E-state index in [0.29, 0.717) is 5.92 Å². The zero-order valence-electron chi connectivity index (χ0n) is 10.8. The lowest BCUT2D eigenvalue weighted by molar-refractivity contribution is 0.208. The van der Waals surface area contributed by atoms with E-state index in [-0.39, 0.29) is 0 Å². The Morgan fingerprint density at radius 2 is 1.65 bits per heavy atom. The molecule has 17 heavy (non-hydrogen) atoms. The lowest BCUT2D eigenvalue weighted by Crippen LogP contribution is -2.05. The minimum Gasteiger partial charge on any atom is -0.384 e. The molecule has 1 aromatic rings. The summed E-state index contributed by atoms with van der Waals surface area (Å²) in [7, 11) is 0. The van der Waals surface area contributed by atoms with Crippen molar-refractivity contribution in [2.45, 2.75) is 51.6 Å². The molecule has 0 aliphatic heterocycles. The van der Waals surface area contributed by atoms with Crippen LogP contribution in [-0.4, -0.2) is 5.11 Å². The highest BCUT2D eigenvalue weighted by molar-refractivity contribution is 5.30. The van der Waals surface area contributed by atoms with Gasteiger partial charge in [-0.05, 0) is 48.3 Å². The van der Waals surface area contributed by atoms with Crippen LogP contribution < -0.4 is 0 Å². The third-order valence-electron chi connectivity index (χ3n) is 3.60. The van der Waals surface area contributed by atoms with Crippen LogP contribution in [0.3, 0.4) is 0 Å². The molecule has 0 radical (unpaired) electrons. The average Bonchev–Trinajstić information content (AvgIpc) is 2.39. The summed E-state index contributed by atoms with van der Waals surface area (Å²) in [6.07, 6.45) is 6.47. The summed E-state index contributed by atoms with van der Waals surface area (Å²) < 4.78 is 0. The first-order valence-corrected chi connectivity index (χ1v) is 6.65. The summed E-state index contributed by atoms with van der Waals surface area (Å²) in [4.78, 5) is 0. The highest BCUT2D eigenvalue weighted by Gasteiger charge is 2.15. The average molecular weight is 230 g/mol. The Balaban J connectivity index is 2.13. The van der Waals surface area contributed by atoms with E-state index in [2.05, 4.69) is 44.2 Å². The Morgan fingerprint density at radius 3 is 2.18 bits per heavy atom. The van der Waals surface area contributed by atoms with E-state index in [1.807, 2.05) is 0 Å². The van der Waals surface area contributed by atoms with Gasteiger partial charge in [-0.3, -0.25) is 0 Å². The zero-order chi connectivity index (χ0) is 12.3. The maximum absolute atomic E-state index is 10.3. The smallest absolute Gasteiger partial charge is 0.100 e. The predicted octanol–water partition coefficient (Wildman–Crippen LogP) is 4.34. The van der Waals surface area contributed by atoms with Gasteiger partial charge < -0.3 is 5.11 Å². The molecule has 0 heterocycles. The first-order chi connectivity index (χ1) is 8.18. The van der Waals surface area contributed by atoms with Crippen molar-refractivity contribution in [3.8, 4) is 0 Å². The second kappa shape index (κ2) is 5.50. The Morgan fingerprint density at radius 1 is 1.00 bits per heavy atom. The fourth-order valence-electron chi connectivity index (χ4n) is 2.39. The Hall–Kier alpha value is -1.08. The van der Waals surface area contributed by atoms with Gasteiger partial charge in [0.05, 0.1) is 0 Å². The summed E-state index contributed by atoms with van der Waals surface area (Å²) in [5, 5.41) is 10.3. The normalized spacial score (nSPS) is 18.0. The first-order valence-electron chi connectivity index (χ1n) is 6.65. The molecule has 0 bridgehead atoms. The molecule has 0 aromatic heterocycles. The topological polar surface area (TPSA) is 20.2 Å². The van der Waals surface area contributed by atoms with Crippen LogP contribution in [0.25, 0.3) is 0 Å². The van der Waals surface area contributed by atoms with E-state index in [4.69, 9.17) is 0 Å². The molecule has 92 valence electrons. The minimum atomic E-state index is -0.392. The molecule has 1 atom stereocenters. The van der Waals surface area contributed by atoms with Crippen LogP contribution >= 0.6 is 0 Å². The largest absolute Gasteiger partial charge is 0.384 e. The summed E-state index contributed by atoms with van der Waals surface area (Å²) >= 11 is 0. The maximum atomic E-state index is 10.3. The van der Waals surface area contributed by atoms with Crippen LogP contribution in [0.4, 0.5) is 0 Å². The van der Waals surface area contributed by atoms with E-state index >= 15 is 0 Å². The van der Waals surface area contributed by atoms with E-state index < -0.39 is 6.10 Å². The van der Waals surface area contributed by atoms with Crippen molar-refractivity contribution in [1.29, 1.82) is 0 Å². The molecule has 0 fully saturated rings. The summed E-state index contributed by atoms with van der Waals surface area (Å²) in [5.41, 5.74) is 3.56. The number of hydrogen-bond donors (Lipinski definition) is 1. The van der Waals surface area contributed by atoms with Gasteiger partial charge in [0.2, 0.25) is 0 Å². The second-order valence-electron chi connectivity index (χ2n) is 5.25. The standard InChI is InChI=1S/C16H22O/c1-12(2)13-8-10-15(11-9-13)16(17)14-6-4-3-5-7-14/h6,8-12,16-17H,3-5,7H2,1-2H3. The van der Waals surface area contributed by atoms with Crippen molar-refractivity contribution >= 4 is 0 Å². The molecule has 1 heteroatoms. The van der Waals surface area contributed by atoms with Gasteiger partial charge in [0.1, 0.15) is 6.10 Å². The van der Waals surface area contributed by atoms with Crippen LogP contribution in [0.5, 0.6) is 0 Å². The van der Waals surface area contributed by atoms with Crippen molar-refractivity contribution in [1.82, 2.24) is 0 Å². The summed E-state index contributed by atoms with van der Waals surface area (Å²) in [6.45, 7) is 4.38. The summed E-state index contributed by atoms with van der Waals surface area (Å²) in [5.74, 6) is 0.551. The number of rotatable bonds is 3. The third-order valence-corrected chi connectivity index (χ3v) is 3.60. The van der Waals surface area contributed by atoms with Gasteiger partial charge in [-0.15, -0.1) is 0 Å². The van der Waals surface area contributed by atoms with E-state index in [0.717, 1.165) is 18.4 Å². The van der Waals surface area contributed by atoms with Crippen LogP contribution in [0, 0.1) is 0 Å². The van der Waals surface area contributed by atoms with Crippen LogP contribution in [0.2, 0.25) is 0 Å². The van der Waals surface area contributed by atoms with Crippen molar-refractivity contribution in [2.24, 2.45) is 0 Å². The number of aliphatic hydroxyl groups excluding tert-OH is 1. The quantitative estimate of drug-likeness (QED) is 0.766. The number of aliphatic hydroxyl groups is 1. The van der Waals surface area contributed by atoms with Gasteiger partial charge in [-0.1, -0.05) is 44.2 Å². The molecule has 1 aliphatic carbocycles. The molecule has 1 aromatic carbocycles. The number of allylic oxidation sites excluding steroid dienone is 1. The molecule has 1 aliphatic rings. The predicted molar refractivity (Wildman–Crippen MR) is 72.0 cm³/mol. The maximum Gasteiger partial charge on any atom is 0.100 e. The highest BCUT2D eigenvalue weighted by Crippen LogP contribution is 2.30. The van der Waals surface area contributed by atoms with Gasteiger partial charge in [0.25, 0.3) is 0 Å². The van der Waals surface area contributed by atoms with Gasteiger partial charge in [0.15, 0.2) is 0 Å². The number of benzene rings is 1. The first kappa shape index (κ1) is 12.4. The molecule has 1 nitrogen and oxygen atoms in total. The Labute approximate surface area is 104 Å². The van der Waals surface area contributed by atoms with Gasteiger partial charge in [0, 0.05) is 0 Å². The zero-order valence-corrected chi connectivity index (χ0v) is 10.8. The highest BCUT2D eigenvalue weighted by atomic mass is 16.3. The van der Waals surface area contributed by atoms with Crippen molar-refractivity contribution in [3.63, 3.8) is 0 Å². The SMILES string of the molecule is CC(C)c1ccc(C(O)C2=CCCCC2)cc1. The number of hydrogen-bond acceptors (Lipinski definition) is 1.